The lowest BCUT2D eigenvalue weighted by atomic mass is 10.0. The average Bonchev–Trinajstić information content (AvgIpc) is 3.82. The number of aliphatic carboxylic acids is 2. The quantitative estimate of drug-likeness (QED) is 0.0210. The van der Waals surface area contributed by atoms with E-state index in [-0.39, 0.29) is 56.2 Å². The van der Waals surface area contributed by atoms with Crippen LogP contribution in [0.25, 0.3) is 0 Å². The van der Waals surface area contributed by atoms with Crippen molar-refractivity contribution in [3.8, 4) is 0 Å². The van der Waals surface area contributed by atoms with E-state index in [1.165, 1.54) is 6.92 Å². The Kier molecular flexibility index (Phi) is 29.9. The molecule has 0 unspecified atom stereocenters. The van der Waals surface area contributed by atoms with Crippen molar-refractivity contribution in [1.29, 1.82) is 0 Å². The van der Waals surface area contributed by atoms with Crippen LogP contribution in [0.1, 0.15) is 92.4 Å². The Bertz CT molecular complexity index is 2050. The summed E-state index contributed by atoms with van der Waals surface area (Å²) in [6.07, 6.45) is -4.51. The molecule has 1 fully saturated rings. The molecule has 0 spiro atoms. The highest BCUT2D eigenvalue weighted by atomic mass is 32.1. The van der Waals surface area contributed by atoms with Gasteiger partial charge in [0, 0.05) is 31.4 Å². The molecule has 0 aromatic rings. The molecule has 424 valence electrons. The number of nitrogens with zero attached hydrogens (tertiary/aromatic N) is 1. The summed E-state index contributed by atoms with van der Waals surface area (Å²) in [5.74, 6) is -14.2. The molecular formula is C44H74N12O17S2. The van der Waals surface area contributed by atoms with Gasteiger partial charge in [0.2, 0.25) is 65.0 Å². The molecule has 1 saturated heterocycles. The zero-order valence-corrected chi connectivity index (χ0v) is 44.2. The first-order valence-corrected chi connectivity index (χ1v) is 25.3. The van der Waals surface area contributed by atoms with Crippen LogP contribution in [-0.4, -0.2) is 200 Å². The third-order valence-corrected chi connectivity index (χ3v) is 12.0. The molecule has 1 aliphatic heterocycles. The molecule has 0 aromatic heterocycles. The van der Waals surface area contributed by atoms with Gasteiger partial charge in [0.05, 0.1) is 25.2 Å². The second kappa shape index (κ2) is 33.6. The number of nitrogens with two attached hydrogens (primary N) is 2. The Morgan fingerprint density at radius 1 is 0.613 bits per heavy atom. The minimum atomic E-state index is -1.98. The fraction of sp³-hybridized carbons (Fsp3) is 0.705. The average molecular weight is 1110 g/mol. The third kappa shape index (κ3) is 23.8. The van der Waals surface area contributed by atoms with Gasteiger partial charge in [0.1, 0.15) is 54.4 Å². The number of rotatable bonds is 34. The molecule has 17 N–H and O–H groups in total. The van der Waals surface area contributed by atoms with E-state index in [4.69, 9.17) is 11.5 Å². The van der Waals surface area contributed by atoms with Crippen LogP contribution in [0.5, 0.6) is 0 Å². The van der Waals surface area contributed by atoms with Crippen LogP contribution in [-0.2, 0) is 62.3 Å². The van der Waals surface area contributed by atoms with E-state index in [0.717, 1.165) is 18.7 Å². The molecule has 0 bridgehead atoms. The van der Waals surface area contributed by atoms with Crippen molar-refractivity contribution in [2.24, 2.45) is 17.4 Å². The first-order valence-electron chi connectivity index (χ1n) is 24.1. The molecule has 0 saturated carbocycles. The maximum Gasteiger partial charge on any atom is 0.305 e. The number of hydrogen-bond donors (Lipinski definition) is 17. The molecule has 0 aliphatic carbocycles. The second-order valence-corrected chi connectivity index (χ2v) is 18.9. The number of likely N-dealkylation sites (tertiary alicyclic amines) is 1. The predicted molar refractivity (Wildman–Crippen MR) is 271 cm³/mol. The lowest BCUT2D eigenvalue weighted by Crippen LogP contribution is -2.61. The summed E-state index contributed by atoms with van der Waals surface area (Å²) in [4.78, 5) is 169. The highest BCUT2D eigenvalue weighted by molar-refractivity contribution is 7.80. The molecule has 31 heteroatoms. The first kappa shape index (κ1) is 66.7. The Morgan fingerprint density at radius 2 is 1.12 bits per heavy atom. The van der Waals surface area contributed by atoms with Crippen LogP contribution in [0.4, 0.5) is 0 Å². The number of primary amides is 1. The number of carbonyl (C=O) groups excluding carboxylic acids is 11. The van der Waals surface area contributed by atoms with Gasteiger partial charge in [-0.1, -0.05) is 13.8 Å². The Labute approximate surface area is 443 Å². The smallest absolute Gasteiger partial charge is 0.305 e. The molecule has 0 aromatic carbocycles. The van der Waals surface area contributed by atoms with Crippen molar-refractivity contribution < 1.29 is 82.8 Å². The van der Waals surface area contributed by atoms with E-state index < -0.39 is 169 Å². The number of aliphatic hydroxyl groups is 2. The van der Waals surface area contributed by atoms with E-state index in [9.17, 15) is 82.8 Å². The third-order valence-electron chi connectivity index (χ3n) is 11.3. The van der Waals surface area contributed by atoms with Crippen LogP contribution in [0.15, 0.2) is 0 Å². The molecule has 0 radical (unpaired) electrons. The molecule has 1 aliphatic rings. The van der Waals surface area contributed by atoms with Crippen molar-refractivity contribution in [3.63, 3.8) is 0 Å². The summed E-state index contributed by atoms with van der Waals surface area (Å²) in [5, 5.41) is 60.8. The number of amides is 11. The summed E-state index contributed by atoms with van der Waals surface area (Å²) < 4.78 is 0. The number of hydrogen-bond acceptors (Lipinski definition) is 18. The zero-order valence-electron chi connectivity index (χ0n) is 42.4. The largest absolute Gasteiger partial charge is 0.481 e. The summed E-state index contributed by atoms with van der Waals surface area (Å²) in [5.41, 5.74) is 10.9. The van der Waals surface area contributed by atoms with Crippen LogP contribution in [0.2, 0.25) is 0 Å². The van der Waals surface area contributed by atoms with Crippen molar-refractivity contribution >= 4 is 102 Å². The Balaban J connectivity index is 3.28. The summed E-state index contributed by atoms with van der Waals surface area (Å²) in [7, 11) is 0. The lowest BCUT2D eigenvalue weighted by Gasteiger charge is -2.30. The molecule has 75 heavy (non-hydrogen) atoms. The predicted octanol–water partition coefficient (Wildman–Crippen LogP) is -6.39. The number of carboxylic acid groups (broad SMARTS) is 2. The topological polar surface area (TPSA) is 466 Å². The highest BCUT2D eigenvalue weighted by Crippen LogP contribution is 2.20. The van der Waals surface area contributed by atoms with Crippen molar-refractivity contribution in [2.75, 3.05) is 31.1 Å². The molecule has 1 heterocycles. The van der Waals surface area contributed by atoms with Gasteiger partial charge < -0.3 is 84.6 Å². The molecule has 29 nitrogen and oxygen atoms in total. The number of nitrogens with one attached hydrogen (secondary N) is 9. The van der Waals surface area contributed by atoms with Gasteiger partial charge in [-0.25, -0.2) is 0 Å². The lowest BCUT2D eigenvalue weighted by molar-refractivity contribution is -0.144. The standard InChI is InChI=1S/C44H74N12O17S2/c1-20(2)15-26(39(68)54-35(22(4)58)43(72)53-28(18-74)36(46)65)51-37(66)24(9-6-7-13-45)49-31(60)17-47-41(70)30-10-8-14-56(30)44(73)25(11-12-32(61)62)50-38(67)27(16-33(63)64)52-42(71)34(21(3)57)55-40(69)29(19-75)48-23(5)59/h20-22,24-30,34-35,57-58,74-75H,6-19,45H2,1-5H3,(H2,46,65)(H,47,70)(H,48,59)(H,49,60)(H,50,67)(H,51,66)(H,52,71)(H,53,72)(H,54,68)(H,55,69)(H,61,62)(H,63,64)/t21-,22-,24+,25+,26+,27+,28+,29+,30-,34+,35+/m1/s1. The zero-order chi connectivity index (χ0) is 57.3. The minimum Gasteiger partial charge on any atom is -0.481 e. The van der Waals surface area contributed by atoms with E-state index in [2.05, 4.69) is 73.1 Å². The Morgan fingerprint density at radius 3 is 1.60 bits per heavy atom. The van der Waals surface area contributed by atoms with Gasteiger partial charge in [-0.2, -0.15) is 25.3 Å². The second-order valence-electron chi connectivity index (χ2n) is 18.2. The van der Waals surface area contributed by atoms with Gasteiger partial charge in [0.25, 0.3) is 0 Å². The van der Waals surface area contributed by atoms with Gasteiger partial charge >= 0.3 is 11.9 Å². The number of thiol groups is 2. The van der Waals surface area contributed by atoms with Crippen LogP contribution >= 0.6 is 25.3 Å². The summed E-state index contributed by atoms with van der Waals surface area (Å²) >= 11 is 7.96. The van der Waals surface area contributed by atoms with Gasteiger partial charge in [0.15, 0.2) is 0 Å². The van der Waals surface area contributed by atoms with Crippen molar-refractivity contribution in [1.82, 2.24) is 52.8 Å². The fourth-order valence-electron chi connectivity index (χ4n) is 7.44. The van der Waals surface area contributed by atoms with E-state index >= 15 is 0 Å². The number of aliphatic hydroxyl groups excluding tert-OH is 2. The van der Waals surface area contributed by atoms with Gasteiger partial charge in [-0.15, -0.1) is 0 Å². The van der Waals surface area contributed by atoms with Crippen molar-refractivity contribution in [2.45, 2.75) is 159 Å². The first-order chi connectivity index (χ1) is 35.1. The maximum absolute atomic E-state index is 14.1. The number of unbranched alkanes of at least 4 members (excludes halogenated alkanes) is 1. The molecule has 11 amide bonds. The van der Waals surface area contributed by atoms with Crippen molar-refractivity contribution in [3.05, 3.63) is 0 Å². The van der Waals surface area contributed by atoms with Crippen LogP contribution in [0.3, 0.4) is 0 Å². The summed E-state index contributed by atoms with van der Waals surface area (Å²) in [6.45, 7) is 6.28. The minimum absolute atomic E-state index is 0.00943. The molecule has 11 atom stereocenters. The number of carbonyl (C=O) groups is 13. The number of carboxylic acids is 2. The van der Waals surface area contributed by atoms with E-state index in [1.807, 2.05) is 0 Å². The molecule has 1 rings (SSSR count). The van der Waals surface area contributed by atoms with Gasteiger partial charge in [-0.05, 0) is 71.3 Å². The highest BCUT2D eigenvalue weighted by Gasteiger charge is 2.40. The maximum atomic E-state index is 14.1. The van der Waals surface area contributed by atoms with Crippen LogP contribution < -0.4 is 59.3 Å². The Hall–Kier alpha value is -6.31. The van der Waals surface area contributed by atoms with E-state index in [1.54, 1.807) is 13.8 Å². The van der Waals surface area contributed by atoms with Gasteiger partial charge in [-0.3, -0.25) is 62.3 Å². The van der Waals surface area contributed by atoms with E-state index in [0.29, 0.717) is 12.8 Å². The fourth-order valence-corrected chi connectivity index (χ4v) is 7.97. The normalized spacial score (nSPS) is 17.1. The van der Waals surface area contributed by atoms with Crippen LogP contribution in [0, 0.1) is 5.92 Å². The summed E-state index contributed by atoms with van der Waals surface area (Å²) in [6, 6.07) is -13.5. The monoisotopic (exact) mass is 1110 g/mol. The molecular weight excluding hydrogens is 1030 g/mol. The SMILES string of the molecule is CC(=O)N[C@@H](CS)C(=O)N[C@H](C(=O)N[C@@H](CC(=O)O)C(=O)N[C@@H](CCC(=O)O)C(=O)N1CCC[C@@H]1C(=O)NCC(=O)N[C@@H](CCCCN)C(=O)N[C@@H](CC(C)C)C(=O)N[C@H](C(=O)N[C@@H](CS)C(N)=O)[C@@H](C)O)[C@@H](C)O.